The molecule has 2 aromatic carbocycles. The number of carbonyl (C=O) groups excluding carboxylic acids is 1. The first-order chi connectivity index (χ1) is 15.4. The number of rotatable bonds is 8. The van der Waals surface area contributed by atoms with Gasteiger partial charge in [-0.25, -0.2) is 13.1 Å². The summed E-state index contributed by atoms with van der Waals surface area (Å²) in [4.78, 5) is 15.2. The van der Waals surface area contributed by atoms with Gasteiger partial charge in [0.2, 0.25) is 10.0 Å². The lowest BCUT2D eigenvalue weighted by atomic mass is 10.0. The molecule has 0 radical (unpaired) electrons. The minimum Gasteiger partial charge on any atom is -0.497 e. The number of nitrogens with zero attached hydrogens (tertiary/aromatic N) is 1. The molecule has 2 aliphatic rings. The van der Waals surface area contributed by atoms with Crippen LogP contribution in [-0.2, 0) is 10.0 Å². The van der Waals surface area contributed by atoms with Crippen LogP contribution >= 0.6 is 0 Å². The average molecular weight is 461 g/mol. The Kier molecular flexibility index (Phi) is 6.30. The van der Waals surface area contributed by atoms with E-state index in [-0.39, 0.29) is 28.6 Å². The molecule has 4 rings (SSSR count). The summed E-state index contributed by atoms with van der Waals surface area (Å²) in [5.74, 6) is 1.34. The third-order valence-electron chi connectivity index (χ3n) is 5.91. The summed E-state index contributed by atoms with van der Waals surface area (Å²) in [6.07, 6.45) is 3.25. The highest BCUT2D eigenvalue weighted by Gasteiger charge is 2.34. The maximum absolute atomic E-state index is 13.5. The second-order valence-corrected chi connectivity index (χ2v) is 9.71. The Balaban J connectivity index is 1.67. The fourth-order valence-corrected chi connectivity index (χ4v) is 5.60. The van der Waals surface area contributed by atoms with E-state index in [9.17, 15) is 13.2 Å². The van der Waals surface area contributed by atoms with Crippen molar-refractivity contribution in [1.82, 2.24) is 9.62 Å². The van der Waals surface area contributed by atoms with Gasteiger partial charge in [0.15, 0.2) is 0 Å². The Morgan fingerprint density at radius 3 is 2.34 bits per heavy atom. The number of hydrogen-bond donors (Lipinski definition) is 1. The van der Waals surface area contributed by atoms with Gasteiger partial charge >= 0.3 is 0 Å². The highest BCUT2D eigenvalue weighted by Crippen LogP contribution is 2.40. The van der Waals surface area contributed by atoms with Crippen molar-refractivity contribution in [2.45, 2.75) is 42.7 Å². The zero-order valence-electron chi connectivity index (χ0n) is 18.5. The van der Waals surface area contributed by atoms with E-state index in [2.05, 4.69) is 4.72 Å². The minimum absolute atomic E-state index is 0.0209. The molecule has 8 nitrogen and oxygen atoms in total. The van der Waals surface area contributed by atoms with E-state index in [4.69, 9.17) is 14.2 Å². The number of methoxy groups -OCH3 is 3. The van der Waals surface area contributed by atoms with Crippen LogP contribution < -0.4 is 18.9 Å². The van der Waals surface area contributed by atoms with Gasteiger partial charge in [-0.3, -0.25) is 4.79 Å². The Bertz CT molecular complexity index is 1110. The predicted octanol–water partition coefficient (Wildman–Crippen LogP) is 3.13. The van der Waals surface area contributed by atoms with Gasteiger partial charge in [-0.05, 0) is 62.1 Å². The summed E-state index contributed by atoms with van der Waals surface area (Å²) < 4.78 is 44.5. The summed E-state index contributed by atoms with van der Waals surface area (Å²) in [6, 6.07) is 9.84. The SMILES string of the molecule is COc1ccc(OC)c([C@@H]2CCCN2C(=O)c2ccc(OC)c(S(=O)(=O)NC3CC3)c2)c1. The van der Waals surface area contributed by atoms with Gasteiger partial charge in [0.25, 0.3) is 5.91 Å². The topological polar surface area (TPSA) is 94.2 Å². The van der Waals surface area contributed by atoms with Gasteiger partial charge in [-0.2, -0.15) is 0 Å². The van der Waals surface area contributed by atoms with Crippen molar-refractivity contribution < 1.29 is 27.4 Å². The maximum Gasteiger partial charge on any atom is 0.254 e. The molecule has 0 aromatic heterocycles. The van der Waals surface area contributed by atoms with Crippen LogP contribution in [0.5, 0.6) is 17.2 Å². The number of carbonyl (C=O) groups is 1. The zero-order valence-corrected chi connectivity index (χ0v) is 19.3. The van der Waals surface area contributed by atoms with Crippen molar-refractivity contribution in [2.75, 3.05) is 27.9 Å². The number of benzene rings is 2. The second kappa shape index (κ2) is 8.99. The van der Waals surface area contributed by atoms with E-state index in [1.54, 1.807) is 25.2 Å². The average Bonchev–Trinajstić information content (AvgIpc) is 3.47. The lowest BCUT2D eigenvalue weighted by Gasteiger charge is -2.27. The summed E-state index contributed by atoms with van der Waals surface area (Å²) >= 11 is 0. The Hall–Kier alpha value is -2.78. The highest BCUT2D eigenvalue weighted by atomic mass is 32.2. The molecule has 1 heterocycles. The molecule has 2 aromatic rings. The lowest BCUT2D eigenvalue weighted by molar-refractivity contribution is 0.0733. The molecule has 2 fully saturated rings. The third-order valence-corrected chi connectivity index (χ3v) is 7.45. The molecule has 0 unspecified atom stereocenters. The van der Waals surface area contributed by atoms with Crippen LogP contribution in [0.3, 0.4) is 0 Å². The van der Waals surface area contributed by atoms with Gasteiger partial charge in [0, 0.05) is 23.7 Å². The monoisotopic (exact) mass is 460 g/mol. The Labute approximate surface area is 188 Å². The highest BCUT2D eigenvalue weighted by molar-refractivity contribution is 7.89. The maximum atomic E-state index is 13.5. The normalized spacial score (nSPS) is 18.5. The molecular weight excluding hydrogens is 432 g/mol. The molecule has 0 bridgehead atoms. The molecule has 32 heavy (non-hydrogen) atoms. The first kappa shape index (κ1) is 22.4. The predicted molar refractivity (Wildman–Crippen MR) is 119 cm³/mol. The lowest BCUT2D eigenvalue weighted by Crippen LogP contribution is -2.31. The summed E-state index contributed by atoms with van der Waals surface area (Å²) in [7, 11) is 0.821. The number of nitrogens with one attached hydrogen (secondary N) is 1. The minimum atomic E-state index is -3.79. The van der Waals surface area contributed by atoms with E-state index in [0.29, 0.717) is 23.6 Å². The fraction of sp³-hybridized carbons (Fsp3) is 0.435. The van der Waals surface area contributed by atoms with Gasteiger partial charge in [0.1, 0.15) is 22.1 Å². The number of likely N-dealkylation sites (tertiary alicyclic amines) is 1. The van der Waals surface area contributed by atoms with Crippen LogP contribution in [0.4, 0.5) is 0 Å². The van der Waals surface area contributed by atoms with Crippen molar-refractivity contribution in [3.63, 3.8) is 0 Å². The molecule has 1 atom stereocenters. The molecule has 1 N–H and O–H groups in total. The second-order valence-electron chi connectivity index (χ2n) is 8.03. The van der Waals surface area contributed by atoms with Gasteiger partial charge in [-0.1, -0.05) is 0 Å². The van der Waals surface area contributed by atoms with E-state index < -0.39 is 10.0 Å². The van der Waals surface area contributed by atoms with E-state index in [1.165, 1.54) is 19.2 Å². The molecule has 9 heteroatoms. The van der Waals surface area contributed by atoms with E-state index in [1.807, 2.05) is 18.2 Å². The molecule has 1 saturated heterocycles. The largest absolute Gasteiger partial charge is 0.497 e. The summed E-state index contributed by atoms with van der Waals surface area (Å²) in [5, 5.41) is 0. The first-order valence-electron chi connectivity index (χ1n) is 10.6. The zero-order chi connectivity index (χ0) is 22.9. The molecular formula is C23H28N2O6S. The van der Waals surface area contributed by atoms with Crippen LogP contribution in [0, 0.1) is 0 Å². The molecule has 1 aliphatic carbocycles. The molecule has 1 amide bonds. The Morgan fingerprint density at radius 2 is 1.69 bits per heavy atom. The molecule has 172 valence electrons. The molecule has 0 spiro atoms. The summed E-state index contributed by atoms with van der Waals surface area (Å²) in [6.45, 7) is 0.568. The van der Waals surface area contributed by atoms with Crippen LogP contribution in [-0.4, -0.2) is 53.1 Å². The molecule has 1 aliphatic heterocycles. The van der Waals surface area contributed by atoms with Crippen LogP contribution in [0.1, 0.15) is 47.6 Å². The smallest absolute Gasteiger partial charge is 0.254 e. The van der Waals surface area contributed by atoms with E-state index in [0.717, 1.165) is 31.2 Å². The summed E-state index contributed by atoms with van der Waals surface area (Å²) in [5.41, 5.74) is 1.17. The number of sulfonamides is 1. The van der Waals surface area contributed by atoms with Crippen molar-refractivity contribution in [3.05, 3.63) is 47.5 Å². The number of hydrogen-bond acceptors (Lipinski definition) is 6. The van der Waals surface area contributed by atoms with Gasteiger partial charge in [-0.15, -0.1) is 0 Å². The van der Waals surface area contributed by atoms with Crippen molar-refractivity contribution in [1.29, 1.82) is 0 Å². The number of amides is 1. The van der Waals surface area contributed by atoms with Gasteiger partial charge < -0.3 is 19.1 Å². The van der Waals surface area contributed by atoms with Gasteiger partial charge in [0.05, 0.1) is 27.4 Å². The van der Waals surface area contributed by atoms with E-state index >= 15 is 0 Å². The van der Waals surface area contributed by atoms with Crippen molar-refractivity contribution in [3.8, 4) is 17.2 Å². The third kappa shape index (κ3) is 4.40. The van der Waals surface area contributed by atoms with Crippen LogP contribution in [0.2, 0.25) is 0 Å². The van der Waals surface area contributed by atoms with Crippen LogP contribution in [0.15, 0.2) is 41.3 Å². The number of ether oxygens (including phenoxy) is 3. The quantitative estimate of drug-likeness (QED) is 0.651. The first-order valence-corrected chi connectivity index (χ1v) is 12.1. The fourth-order valence-electron chi connectivity index (χ4n) is 4.10. The van der Waals surface area contributed by atoms with Crippen LogP contribution in [0.25, 0.3) is 0 Å². The standard InChI is InChI=1S/C23H28N2O6S/c1-29-17-9-11-20(30-2)18(14-17)19-5-4-12-25(19)23(26)15-6-10-21(31-3)22(13-15)32(27,28)24-16-7-8-16/h6,9-11,13-14,16,19,24H,4-5,7-8,12H2,1-3H3/t19-/m0/s1. The van der Waals surface area contributed by atoms with Crippen molar-refractivity contribution in [2.24, 2.45) is 0 Å². The van der Waals surface area contributed by atoms with Crippen molar-refractivity contribution >= 4 is 15.9 Å². The Morgan fingerprint density at radius 1 is 0.969 bits per heavy atom. The molecule has 1 saturated carbocycles.